The van der Waals surface area contributed by atoms with E-state index in [4.69, 9.17) is 0 Å². The van der Waals surface area contributed by atoms with E-state index in [1.54, 1.807) is 0 Å². The number of hydrogen-bond donors (Lipinski definition) is 1. The van der Waals surface area contributed by atoms with Gasteiger partial charge < -0.3 is 10.1 Å². The van der Waals surface area contributed by atoms with Gasteiger partial charge in [-0.3, -0.25) is 0 Å². The second kappa shape index (κ2) is 7.34. The highest BCUT2D eigenvalue weighted by Gasteiger charge is 2.30. The topological polar surface area (TPSA) is 21.3 Å². The van der Waals surface area contributed by atoms with Crippen molar-refractivity contribution in [2.75, 3.05) is 19.8 Å². The van der Waals surface area contributed by atoms with Gasteiger partial charge in [-0.1, -0.05) is 13.8 Å². The first-order valence-electron chi connectivity index (χ1n) is 6.76. The van der Waals surface area contributed by atoms with E-state index >= 15 is 0 Å². The molecule has 1 rings (SSSR count). The first kappa shape index (κ1) is 15.8. The predicted octanol–water partition coefficient (Wildman–Crippen LogP) is 3.37. The number of nitrogens with one attached hydrogen (secondary N) is 1. The third kappa shape index (κ3) is 6.59. The molecule has 0 bridgehead atoms. The molecule has 1 fully saturated rings. The van der Waals surface area contributed by atoms with Crippen molar-refractivity contribution in [3.8, 4) is 0 Å². The van der Waals surface area contributed by atoms with Crippen LogP contribution < -0.4 is 5.32 Å². The molecule has 1 saturated carbocycles. The molecule has 108 valence electrons. The Bertz CT molecular complexity index is 231. The second-order valence-corrected chi connectivity index (χ2v) is 5.47. The lowest BCUT2D eigenvalue weighted by molar-refractivity contribution is -0.174. The van der Waals surface area contributed by atoms with Gasteiger partial charge in [-0.2, -0.15) is 13.2 Å². The van der Waals surface area contributed by atoms with Crippen molar-refractivity contribution in [2.45, 2.75) is 51.7 Å². The molecule has 0 aromatic carbocycles. The van der Waals surface area contributed by atoms with E-state index in [0.717, 1.165) is 19.4 Å². The maximum absolute atomic E-state index is 11.8. The smallest absolute Gasteiger partial charge is 0.372 e. The lowest BCUT2D eigenvalue weighted by Crippen LogP contribution is -2.38. The molecule has 0 radical (unpaired) electrons. The summed E-state index contributed by atoms with van der Waals surface area (Å²) >= 11 is 0. The summed E-state index contributed by atoms with van der Waals surface area (Å²) in [6.45, 7) is 4.39. The van der Waals surface area contributed by atoms with Gasteiger partial charge >= 0.3 is 6.18 Å². The summed E-state index contributed by atoms with van der Waals surface area (Å²) in [5.41, 5.74) is 0. The van der Waals surface area contributed by atoms with Gasteiger partial charge in [0.05, 0.1) is 0 Å². The summed E-state index contributed by atoms with van der Waals surface area (Å²) in [7, 11) is 0. The first-order valence-corrected chi connectivity index (χ1v) is 6.76. The van der Waals surface area contributed by atoms with Crippen LogP contribution in [0.15, 0.2) is 0 Å². The molecule has 2 unspecified atom stereocenters. The largest absolute Gasteiger partial charge is 0.411 e. The molecule has 0 saturated heterocycles. The number of ether oxygens (including phenoxy) is 1. The van der Waals surface area contributed by atoms with Crippen LogP contribution in [0.3, 0.4) is 0 Å². The molecule has 0 aromatic heterocycles. The Morgan fingerprint density at radius 1 is 1.22 bits per heavy atom. The van der Waals surface area contributed by atoms with Crippen LogP contribution in [0.5, 0.6) is 0 Å². The molecule has 2 nitrogen and oxygen atoms in total. The Labute approximate surface area is 107 Å². The third-order valence-electron chi connectivity index (χ3n) is 3.49. The van der Waals surface area contributed by atoms with Crippen molar-refractivity contribution in [3.05, 3.63) is 0 Å². The van der Waals surface area contributed by atoms with Crippen LogP contribution in [0, 0.1) is 11.8 Å². The van der Waals surface area contributed by atoms with Crippen LogP contribution in [-0.4, -0.2) is 32.0 Å². The summed E-state index contributed by atoms with van der Waals surface area (Å²) < 4.78 is 40.1. The van der Waals surface area contributed by atoms with E-state index in [1.807, 2.05) is 0 Å². The molecule has 1 aliphatic carbocycles. The molecule has 0 amide bonds. The molecule has 1 N–H and O–H groups in total. The van der Waals surface area contributed by atoms with E-state index in [0.29, 0.717) is 17.9 Å². The summed E-state index contributed by atoms with van der Waals surface area (Å²) in [5, 5.41) is 3.42. The number of hydrogen-bond acceptors (Lipinski definition) is 2. The van der Waals surface area contributed by atoms with Crippen LogP contribution in [0.4, 0.5) is 13.2 Å². The standard InChI is InChI=1S/C13H24F3NO/c1-10(2)17-8-12-6-5-11(12)4-3-7-18-9-13(14,15)16/h10-12,17H,3-9H2,1-2H3. The van der Waals surface area contributed by atoms with Gasteiger partial charge in [-0.05, 0) is 44.1 Å². The van der Waals surface area contributed by atoms with Crippen molar-refractivity contribution in [1.29, 1.82) is 0 Å². The Hall–Kier alpha value is -0.290. The van der Waals surface area contributed by atoms with Crippen LogP contribution in [-0.2, 0) is 4.74 Å². The maximum atomic E-state index is 11.8. The molecule has 0 aliphatic heterocycles. The number of rotatable bonds is 8. The molecule has 2 atom stereocenters. The summed E-state index contributed by atoms with van der Waals surface area (Å²) in [5.74, 6) is 1.38. The fourth-order valence-corrected chi connectivity index (χ4v) is 2.31. The van der Waals surface area contributed by atoms with E-state index < -0.39 is 12.8 Å². The molecule has 0 aromatic rings. The van der Waals surface area contributed by atoms with Crippen molar-refractivity contribution in [3.63, 3.8) is 0 Å². The van der Waals surface area contributed by atoms with Crippen molar-refractivity contribution in [2.24, 2.45) is 11.8 Å². The van der Waals surface area contributed by atoms with Crippen LogP contribution in [0.25, 0.3) is 0 Å². The summed E-state index contributed by atoms with van der Waals surface area (Å²) in [6, 6.07) is 0.501. The zero-order valence-electron chi connectivity index (χ0n) is 11.2. The Kier molecular flexibility index (Phi) is 6.43. The molecular weight excluding hydrogens is 243 g/mol. The lowest BCUT2D eigenvalue weighted by atomic mass is 9.71. The predicted molar refractivity (Wildman–Crippen MR) is 65.5 cm³/mol. The molecule has 0 spiro atoms. The fourth-order valence-electron chi connectivity index (χ4n) is 2.31. The van der Waals surface area contributed by atoms with Crippen LogP contribution in [0.1, 0.15) is 39.5 Å². The molecule has 18 heavy (non-hydrogen) atoms. The van der Waals surface area contributed by atoms with Gasteiger partial charge in [-0.25, -0.2) is 0 Å². The number of halogens is 3. The Balaban J connectivity index is 1.99. The average Bonchev–Trinajstić information content (AvgIpc) is 2.19. The minimum atomic E-state index is -4.19. The van der Waals surface area contributed by atoms with Crippen LogP contribution in [0.2, 0.25) is 0 Å². The SMILES string of the molecule is CC(C)NCC1CCC1CCCOCC(F)(F)F. The van der Waals surface area contributed by atoms with Crippen molar-refractivity contribution >= 4 is 0 Å². The molecule has 1 aliphatic rings. The van der Waals surface area contributed by atoms with E-state index in [9.17, 15) is 13.2 Å². The molecule has 0 heterocycles. The maximum Gasteiger partial charge on any atom is 0.411 e. The highest BCUT2D eigenvalue weighted by Crippen LogP contribution is 2.37. The van der Waals surface area contributed by atoms with E-state index in [2.05, 4.69) is 23.9 Å². The van der Waals surface area contributed by atoms with Gasteiger partial charge in [0.1, 0.15) is 6.61 Å². The third-order valence-corrected chi connectivity index (χ3v) is 3.49. The highest BCUT2D eigenvalue weighted by molar-refractivity contribution is 4.82. The lowest BCUT2D eigenvalue weighted by Gasteiger charge is -2.37. The van der Waals surface area contributed by atoms with Crippen LogP contribution >= 0.6 is 0 Å². The second-order valence-electron chi connectivity index (χ2n) is 5.47. The quantitative estimate of drug-likeness (QED) is 0.681. The molecule has 5 heteroatoms. The Morgan fingerprint density at radius 2 is 1.89 bits per heavy atom. The zero-order chi connectivity index (χ0) is 13.6. The first-order chi connectivity index (χ1) is 8.38. The highest BCUT2D eigenvalue weighted by atomic mass is 19.4. The van der Waals surface area contributed by atoms with Gasteiger partial charge in [0.25, 0.3) is 0 Å². The van der Waals surface area contributed by atoms with Crippen molar-refractivity contribution in [1.82, 2.24) is 5.32 Å². The average molecular weight is 267 g/mol. The number of alkyl halides is 3. The summed E-state index contributed by atoms with van der Waals surface area (Å²) in [6.07, 6.45) is -0.0150. The van der Waals surface area contributed by atoms with Gasteiger partial charge in [0, 0.05) is 12.6 Å². The van der Waals surface area contributed by atoms with E-state index in [-0.39, 0.29) is 6.61 Å². The van der Waals surface area contributed by atoms with Crippen molar-refractivity contribution < 1.29 is 17.9 Å². The summed E-state index contributed by atoms with van der Waals surface area (Å²) in [4.78, 5) is 0. The Morgan fingerprint density at radius 3 is 2.39 bits per heavy atom. The minimum Gasteiger partial charge on any atom is -0.372 e. The van der Waals surface area contributed by atoms with Gasteiger partial charge in [0.2, 0.25) is 0 Å². The monoisotopic (exact) mass is 267 g/mol. The normalized spacial score (nSPS) is 24.3. The van der Waals surface area contributed by atoms with E-state index in [1.165, 1.54) is 12.8 Å². The minimum absolute atomic E-state index is 0.223. The van der Waals surface area contributed by atoms with Gasteiger partial charge in [0.15, 0.2) is 0 Å². The van der Waals surface area contributed by atoms with Gasteiger partial charge in [-0.15, -0.1) is 0 Å². The zero-order valence-corrected chi connectivity index (χ0v) is 11.2. The fraction of sp³-hybridized carbons (Fsp3) is 1.00. The molecular formula is C13H24F3NO.